The normalized spacial score (nSPS) is 9.06. The van der Waals surface area contributed by atoms with E-state index < -0.39 is 0 Å². The molecule has 17 heavy (non-hydrogen) atoms. The van der Waals surface area contributed by atoms with Crippen molar-refractivity contribution in [3.63, 3.8) is 0 Å². The third kappa shape index (κ3) is 5.84. The number of hydrogen-bond donors (Lipinski definition) is 0. The van der Waals surface area contributed by atoms with E-state index in [0.717, 1.165) is 15.4 Å². The van der Waals surface area contributed by atoms with E-state index in [9.17, 15) is 0 Å². The van der Waals surface area contributed by atoms with Crippen LogP contribution in [-0.4, -0.2) is 0 Å². The summed E-state index contributed by atoms with van der Waals surface area (Å²) in [5.74, 6) is 0. The predicted octanol–water partition coefficient (Wildman–Crippen LogP) is -1.59. The van der Waals surface area contributed by atoms with E-state index in [0.29, 0.717) is 0 Å². The molecule has 0 spiro atoms. The number of halogens is 2. The van der Waals surface area contributed by atoms with Crippen LogP contribution in [-0.2, 0) is 6.42 Å². The quantitative estimate of drug-likeness (QED) is 0.458. The zero-order chi connectivity index (χ0) is 10.7. The summed E-state index contributed by atoms with van der Waals surface area (Å²) in [6.07, 6.45) is 0.909. The molecule has 2 rings (SSSR count). The maximum absolute atomic E-state index is 3.44. The third-order valence-corrected chi connectivity index (χ3v) is 2.95. The molecular formula is C13H8Br2Li2. The first-order chi connectivity index (χ1) is 7.24. The van der Waals surface area contributed by atoms with Crippen molar-refractivity contribution in [1.82, 2.24) is 0 Å². The van der Waals surface area contributed by atoms with Gasteiger partial charge in [0.05, 0.1) is 0 Å². The average Bonchev–Trinajstić information content (AvgIpc) is 2.17. The van der Waals surface area contributed by atoms with E-state index in [-0.39, 0.29) is 37.7 Å². The van der Waals surface area contributed by atoms with Crippen LogP contribution in [0.5, 0.6) is 0 Å². The van der Waals surface area contributed by atoms with Gasteiger partial charge in [0.25, 0.3) is 0 Å². The molecule has 0 aliphatic carbocycles. The molecular weight excluding hydrogens is 330 g/mol. The Balaban J connectivity index is 0.00000128. The first-order valence-electron chi connectivity index (χ1n) is 4.55. The van der Waals surface area contributed by atoms with Gasteiger partial charge in [0, 0.05) is 0 Å². The van der Waals surface area contributed by atoms with Gasteiger partial charge in [0.1, 0.15) is 0 Å². The summed E-state index contributed by atoms with van der Waals surface area (Å²) >= 11 is 6.88. The molecule has 4 heteroatoms. The van der Waals surface area contributed by atoms with Gasteiger partial charge in [-0.3, -0.25) is 0 Å². The summed E-state index contributed by atoms with van der Waals surface area (Å²) in [6, 6.07) is 18.2. The fourth-order valence-electron chi connectivity index (χ4n) is 1.42. The zero-order valence-electron chi connectivity index (χ0n) is 9.93. The monoisotopic (exact) mass is 336 g/mol. The average molecular weight is 338 g/mol. The van der Waals surface area contributed by atoms with Gasteiger partial charge < -0.3 is 0 Å². The van der Waals surface area contributed by atoms with Crippen LogP contribution in [0.3, 0.4) is 0 Å². The summed E-state index contributed by atoms with van der Waals surface area (Å²) in [6.45, 7) is 0. The Labute approximate surface area is 143 Å². The Hall–Kier alpha value is 0.595. The van der Waals surface area contributed by atoms with Crippen molar-refractivity contribution in [3.8, 4) is 0 Å². The smallest absolute Gasteiger partial charge is 0.182 e. The zero-order valence-corrected chi connectivity index (χ0v) is 13.1. The fraction of sp³-hybridized carbons (Fsp3) is 0.0769. The summed E-state index contributed by atoms with van der Waals surface area (Å²) in [5, 5.41) is 0. The molecule has 2 aromatic carbocycles. The van der Waals surface area contributed by atoms with E-state index in [1.165, 1.54) is 11.1 Å². The van der Waals surface area contributed by atoms with Crippen molar-refractivity contribution < 1.29 is 37.7 Å². The Bertz CT molecular complexity index is 429. The Morgan fingerprint density at radius 2 is 1.18 bits per heavy atom. The van der Waals surface area contributed by atoms with Crippen LogP contribution in [0.25, 0.3) is 0 Å². The van der Waals surface area contributed by atoms with Crippen LogP contribution in [0.15, 0.2) is 45.3 Å². The molecule has 0 saturated heterocycles. The molecule has 0 N–H and O–H groups in total. The maximum Gasteiger partial charge on any atom is 1.00 e. The molecule has 0 saturated carbocycles. The molecule has 0 bridgehead atoms. The van der Waals surface area contributed by atoms with Gasteiger partial charge in [-0.05, 0) is 0 Å². The molecule has 0 nitrogen and oxygen atoms in total. The molecule has 0 unspecified atom stereocenters. The van der Waals surface area contributed by atoms with Gasteiger partial charge in [-0.2, -0.15) is 59.7 Å². The molecule has 0 radical (unpaired) electrons. The van der Waals surface area contributed by atoms with Gasteiger partial charge in [0.15, 0.2) is 0 Å². The second-order valence-corrected chi connectivity index (χ2v) is 5.13. The van der Waals surface area contributed by atoms with Crippen molar-refractivity contribution in [1.29, 1.82) is 0 Å². The van der Waals surface area contributed by atoms with Crippen LogP contribution >= 0.6 is 31.9 Å². The number of hydrogen-bond acceptors (Lipinski definition) is 0. The van der Waals surface area contributed by atoms with Crippen molar-refractivity contribution in [2.75, 3.05) is 0 Å². The van der Waals surface area contributed by atoms with Crippen LogP contribution in [0.4, 0.5) is 0 Å². The summed E-state index contributed by atoms with van der Waals surface area (Å²) in [4.78, 5) is 0. The number of benzene rings is 2. The predicted molar refractivity (Wildman–Crippen MR) is 68.8 cm³/mol. The molecule has 0 heterocycles. The Kier molecular flexibility index (Phi) is 8.96. The minimum Gasteiger partial charge on any atom is -0.182 e. The van der Waals surface area contributed by atoms with Crippen molar-refractivity contribution in [2.45, 2.75) is 6.42 Å². The van der Waals surface area contributed by atoms with E-state index in [4.69, 9.17) is 0 Å². The van der Waals surface area contributed by atoms with Crippen molar-refractivity contribution >= 4 is 31.9 Å². The minimum absolute atomic E-state index is 0. The second kappa shape index (κ2) is 8.65. The second-order valence-electron chi connectivity index (χ2n) is 3.30. The van der Waals surface area contributed by atoms with E-state index >= 15 is 0 Å². The molecule has 0 amide bonds. The van der Waals surface area contributed by atoms with Gasteiger partial charge >= 0.3 is 37.7 Å². The van der Waals surface area contributed by atoms with Gasteiger partial charge in [0.2, 0.25) is 0 Å². The molecule has 0 atom stereocenters. The Morgan fingerprint density at radius 3 is 1.53 bits per heavy atom. The molecule has 0 aromatic heterocycles. The first-order valence-corrected chi connectivity index (χ1v) is 6.14. The van der Waals surface area contributed by atoms with Crippen LogP contribution in [0.2, 0.25) is 0 Å². The van der Waals surface area contributed by atoms with Crippen LogP contribution in [0.1, 0.15) is 11.1 Å². The minimum atomic E-state index is 0. The Morgan fingerprint density at radius 1 is 0.765 bits per heavy atom. The molecule has 76 valence electrons. The van der Waals surface area contributed by atoms with E-state index in [1.807, 2.05) is 24.3 Å². The van der Waals surface area contributed by atoms with Crippen LogP contribution in [0, 0.1) is 12.1 Å². The van der Waals surface area contributed by atoms with Gasteiger partial charge in [-0.15, -0.1) is 31.9 Å². The SMILES string of the molecule is Brc1c[c-]cc(Cc2c[c-]cc(Br)c2)c1.[Li+].[Li+]. The van der Waals surface area contributed by atoms with Crippen LogP contribution < -0.4 is 37.7 Å². The summed E-state index contributed by atoms with van der Waals surface area (Å²) in [7, 11) is 0. The standard InChI is InChI=1S/C13H8Br2.2Li/c14-12-5-1-3-10(8-12)7-11-4-2-6-13(15)9-11;;/h3-6,8-9H,7H2;;/q-2;2*+1. The number of rotatable bonds is 2. The van der Waals surface area contributed by atoms with Gasteiger partial charge in [-0.1, -0.05) is 15.4 Å². The third-order valence-electron chi connectivity index (χ3n) is 2.03. The fourth-order valence-corrected chi connectivity index (χ4v) is 2.27. The van der Waals surface area contributed by atoms with E-state index in [1.54, 1.807) is 0 Å². The summed E-state index contributed by atoms with van der Waals surface area (Å²) in [5.41, 5.74) is 2.49. The molecule has 2 aromatic rings. The largest absolute Gasteiger partial charge is 1.00 e. The molecule has 0 aliphatic heterocycles. The van der Waals surface area contributed by atoms with Crippen molar-refractivity contribution in [3.05, 3.63) is 68.6 Å². The van der Waals surface area contributed by atoms with E-state index in [2.05, 4.69) is 56.1 Å². The van der Waals surface area contributed by atoms with Crippen molar-refractivity contribution in [2.24, 2.45) is 0 Å². The molecule has 0 fully saturated rings. The molecule has 0 aliphatic rings. The first kappa shape index (κ1) is 17.6. The van der Waals surface area contributed by atoms with Gasteiger partial charge in [-0.25, -0.2) is 0 Å². The maximum atomic E-state index is 3.44. The summed E-state index contributed by atoms with van der Waals surface area (Å²) < 4.78 is 2.14. The topological polar surface area (TPSA) is 0 Å².